The third-order valence-corrected chi connectivity index (χ3v) is 4.20. The van der Waals surface area contributed by atoms with Crippen LogP contribution < -0.4 is 5.73 Å². The zero-order chi connectivity index (χ0) is 12.6. The Morgan fingerprint density at radius 3 is 2.59 bits per heavy atom. The average molecular weight is 236 g/mol. The zero-order valence-electron chi connectivity index (χ0n) is 11.4. The molecule has 0 bridgehead atoms. The number of nitrogens with zero attached hydrogens (tertiary/aromatic N) is 3. The van der Waals surface area contributed by atoms with Gasteiger partial charge in [-0.2, -0.15) is 5.10 Å². The van der Waals surface area contributed by atoms with E-state index in [2.05, 4.69) is 30.8 Å². The monoisotopic (exact) mass is 236 g/mol. The first kappa shape index (κ1) is 12.6. The quantitative estimate of drug-likeness (QED) is 0.862. The van der Waals surface area contributed by atoms with E-state index in [1.54, 1.807) is 0 Å². The van der Waals surface area contributed by atoms with Crippen molar-refractivity contribution in [1.82, 2.24) is 14.7 Å². The number of hydrogen-bond acceptors (Lipinski definition) is 3. The molecular weight excluding hydrogens is 212 g/mol. The Balaban J connectivity index is 2.41. The fourth-order valence-corrected chi connectivity index (χ4v) is 3.16. The highest BCUT2D eigenvalue weighted by Gasteiger charge is 2.36. The lowest BCUT2D eigenvalue weighted by atomic mass is 9.92. The molecule has 0 saturated carbocycles. The lowest BCUT2D eigenvalue weighted by molar-refractivity contribution is 0.240. The van der Waals surface area contributed by atoms with E-state index in [4.69, 9.17) is 5.73 Å². The van der Waals surface area contributed by atoms with Crippen molar-refractivity contribution in [3.05, 3.63) is 17.0 Å². The Labute approximate surface area is 104 Å². The lowest BCUT2D eigenvalue weighted by Gasteiger charge is -2.27. The topological polar surface area (TPSA) is 47.1 Å². The molecule has 0 spiro atoms. The highest BCUT2D eigenvalue weighted by Crippen LogP contribution is 2.39. The van der Waals surface area contributed by atoms with Gasteiger partial charge in [0.05, 0.1) is 5.69 Å². The Morgan fingerprint density at radius 1 is 1.41 bits per heavy atom. The molecule has 0 aromatic carbocycles. The first-order valence-corrected chi connectivity index (χ1v) is 6.54. The number of likely N-dealkylation sites (tertiary alicyclic amines) is 1. The van der Waals surface area contributed by atoms with Gasteiger partial charge in [-0.15, -0.1) is 0 Å². The minimum atomic E-state index is 0.471. The Kier molecular flexibility index (Phi) is 3.54. The number of rotatable bonds is 3. The lowest BCUT2D eigenvalue weighted by Crippen LogP contribution is -2.29. The number of aryl methyl sites for hydroxylation is 2. The summed E-state index contributed by atoms with van der Waals surface area (Å²) < 4.78 is 1.99. The van der Waals surface area contributed by atoms with E-state index in [1.807, 2.05) is 11.7 Å². The van der Waals surface area contributed by atoms with Crippen molar-refractivity contribution in [2.24, 2.45) is 18.7 Å². The molecule has 4 nitrogen and oxygen atoms in total. The molecule has 2 rings (SSSR count). The van der Waals surface area contributed by atoms with Gasteiger partial charge >= 0.3 is 0 Å². The van der Waals surface area contributed by atoms with E-state index >= 15 is 0 Å². The van der Waals surface area contributed by atoms with Crippen molar-refractivity contribution < 1.29 is 0 Å². The third kappa shape index (κ3) is 2.00. The molecule has 17 heavy (non-hydrogen) atoms. The van der Waals surface area contributed by atoms with E-state index in [0.717, 1.165) is 25.3 Å². The molecule has 1 fully saturated rings. The van der Waals surface area contributed by atoms with E-state index in [0.29, 0.717) is 12.0 Å². The maximum atomic E-state index is 5.93. The van der Waals surface area contributed by atoms with Gasteiger partial charge in [0.25, 0.3) is 0 Å². The Bertz CT molecular complexity index is 384. The summed E-state index contributed by atoms with van der Waals surface area (Å²) >= 11 is 0. The van der Waals surface area contributed by atoms with E-state index < -0.39 is 0 Å². The van der Waals surface area contributed by atoms with Gasteiger partial charge in [-0.3, -0.25) is 9.58 Å². The van der Waals surface area contributed by atoms with Crippen LogP contribution in [0.1, 0.15) is 36.3 Å². The highest BCUT2D eigenvalue weighted by molar-refractivity contribution is 5.30. The smallest absolute Gasteiger partial charge is 0.0644 e. The molecule has 4 heteroatoms. The van der Waals surface area contributed by atoms with E-state index in [1.165, 1.54) is 17.7 Å². The predicted molar refractivity (Wildman–Crippen MR) is 69.8 cm³/mol. The molecule has 1 aromatic rings. The standard InChI is InChI=1S/C13H24N4/c1-5-17-7-6-11(8-14)13(17)12-9(2)15-16(4)10(12)3/h11,13H,5-8,14H2,1-4H3. The largest absolute Gasteiger partial charge is 0.330 e. The maximum Gasteiger partial charge on any atom is 0.0644 e. The Hall–Kier alpha value is -0.870. The molecule has 0 aliphatic carbocycles. The van der Waals surface area contributed by atoms with Gasteiger partial charge in [0.15, 0.2) is 0 Å². The number of nitrogens with two attached hydrogens (primary N) is 1. The second-order valence-electron chi connectivity index (χ2n) is 5.07. The maximum absolute atomic E-state index is 5.93. The molecule has 1 aliphatic rings. The van der Waals surface area contributed by atoms with Crippen LogP contribution in [-0.4, -0.2) is 34.3 Å². The molecular formula is C13H24N4. The average Bonchev–Trinajstić information content (AvgIpc) is 2.81. The molecule has 0 radical (unpaired) electrons. The summed E-state index contributed by atoms with van der Waals surface area (Å²) in [5.41, 5.74) is 9.78. The fraction of sp³-hybridized carbons (Fsp3) is 0.769. The third-order valence-electron chi connectivity index (χ3n) is 4.20. The summed E-state index contributed by atoms with van der Waals surface area (Å²) in [6.45, 7) is 9.53. The summed E-state index contributed by atoms with van der Waals surface area (Å²) in [4.78, 5) is 2.54. The van der Waals surface area contributed by atoms with Crippen molar-refractivity contribution in [3.8, 4) is 0 Å². The van der Waals surface area contributed by atoms with E-state index in [-0.39, 0.29) is 0 Å². The molecule has 2 heterocycles. The fourth-order valence-electron chi connectivity index (χ4n) is 3.16. The summed E-state index contributed by atoms with van der Waals surface area (Å²) in [6, 6.07) is 0.471. The summed E-state index contributed by atoms with van der Waals surface area (Å²) in [6.07, 6.45) is 1.21. The number of hydrogen-bond donors (Lipinski definition) is 1. The normalized spacial score (nSPS) is 25.7. The van der Waals surface area contributed by atoms with Gasteiger partial charge in [-0.25, -0.2) is 0 Å². The molecule has 2 N–H and O–H groups in total. The molecule has 96 valence electrons. The van der Waals surface area contributed by atoms with Gasteiger partial charge in [0.1, 0.15) is 0 Å². The summed E-state index contributed by atoms with van der Waals surface area (Å²) in [7, 11) is 2.02. The highest BCUT2D eigenvalue weighted by atomic mass is 15.3. The van der Waals surface area contributed by atoms with Crippen molar-refractivity contribution in [2.45, 2.75) is 33.2 Å². The van der Waals surface area contributed by atoms with Gasteiger partial charge in [0, 0.05) is 24.3 Å². The van der Waals surface area contributed by atoms with Crippen LogP contribution >= 0.6 is 0 Å². The zero-order valence-corrected chi connectivity index (χ0v) is 11.4. The molecule has 1 aliphatic heterocycles. The molecule has 0 amide bonds. The summed E-state index contributed by atoms with van der Waals surface area (Å²) in [5, 5.41) is 4.54. The first-order chi connectivity index (χ1) is 8.10. The van der Waals surface area contributed by atoms with Crippen LogP contribution in [0.2, 0.25) is 0 Å². The van der Waals surface area contributed by atoms with Crippen LogP contribution in [0.15, 0.2) is 0 Å². The van der Waals surface area contributed by atoms with Crippen molar-refractivity contribution in [1.29, 1.82) is 0 Å². The van der Waals surface area contributed by atoms with Gasteiger partial charge in [-0.1, -0.05) is 6.92 Å². The SMILES string of the molecule is CCN1CCC(CN)C1c1c(C)nn(C)c1C. The van der Waals surface area contributed by atoms with E-state index in [9.17, 15) is 0 Å². The molecule has 2 unspecified atom stereocenters. The van der Waals surface area contributed by atoms with Crippen molar-refractivity contribution >= 4 is 0 Å². The Morgan fingerprint density at radius 2 is 2.12 bits per heavy atom. The second-order valence-corrected chi connectivity index (χ2v) is 5.07. The second kappa shape index (κ2) is 4.78. The van der Waals surface area contributed by atoms with Gasteiger partial charge < -0.3 is 5.73 Å². The predicted octanol–water partition coefficient (Wildman–Crippen LogP) is 1.38. The van der Waals surface area contributed by atoms with Crippen LogP contribution in [-0.2, 0) is 7.05 Å². The molecule has 1 aromatic heterocycles. The van der Waals surface area contributed by atoms with Crippen LogP contribution in [0.4, 0.5) is 0 Å². The van der Waals surface area contributed by atoms with Gasteiger partial charge in [-0.05, 0) is 45.8 Å². The van der Waals surface area contributed by atoms with Crippen molar-refractivity contribution in [3.63, 3.8) is 0 Å². The molecule has 1 saturated heterocycles. The minimum Gasteiger partial charge on any atom is -0.330 e. The van der Waals surface area contributed by atoms with Crippen LogP contribution in [0, 0.1) is 19.8 Å². The van der Waals surface area contributed by atoms with Crippen molar-refractivity contribution in [2.75, 3.05) is 19.6 Å². The summed E-state index contributed by atoms with van der Waals surface area (Å²) in [5.74, 6) is 0.580. The van der Waals surface area contributed by atoms with Crippen LogP contribution in [0.5, 0.6) is 0 Å². The number of aromatic nitrogens is 2. The van der Waals surface area contributed by atoms with Crippen LogP contribution in [0.25, 0.3) is 0 Å². The molecule has 2 atom stereocenters. The van der Waals surface area contributed by atoms with Gasteiger partial charge in [0.2, 0.25) is 0 Å². The van der Waals surface area contributed by atoms with Crippen LogP contribution in [0.3, 0.4) is 0 Å². The first-order valence-electron chi connectivity index (χ1n) is 6.54. The minimum absolute atomic E-state index is 0.471.